The first-order valence-electron chi connectivity index (χ1n) is 5.33. The normalized spacial score (nSPS) is 24.5. The lowest BCUT2D eigenvalue weighted by Gasteiger charge is -2.21. The van der Waals surface area contributed by atoms with E-state index in [2.05, 4.69) is 20.0 Å². The number of hydrogen-bond acceptors (Lipinski definition) is 6. The van der Waals surface area contributed by atoms with Crippen LogP contribution in [0.1, 0.15) is 10.4 Å². The maximum atomic E-state index is 12.3. The van der Waals surface area contributed by atoms with E-state index in [1.807, 2.05) is 6.07 Å². The van der Waals surface area contributed by atoms with E-state index in [1.165, 1.54) is 12.6 Å². The van der Waals surface area contributed by atoms with Crippen molar-refractivity contribution in [2.75, 3.05) is 0 Å². The van der Waals surface area contributed by atoms with Gasteiger partial charge in [0.2, 0.25) is 5.78 Å². The van der Waals surface area contributed by atoms with Gasteiger partial charge < -0.3 is 0 Å². The average Bonchev–Trinajstić information content (AvgIpc) is 2.86. The second kappa shape index (κ2) is 3.78. The van der Waals surface area contributed by atoms with Gasteiger partial charge in [-0.3, -0.25) is 10.5 Å². The molecule has 2 aliphatic heterocycles. The number of nitrogens with zero attached hydrogens (tertiary/aromatic N) is 4. The summed E-state index contributed by atoms with van der Waals surface area (Å²) >= 11 is 0. The zero-order chi connectivity index (χ0) is 12.6. The molecule has 3 rings (SSSR count). The molecular formula is C12H9N5O. The van der Waals surface area contributed by atoms with Gasteiger partial charge >= 0.3 is 0 Å². The maximum Gasteiger partial charge on any atom is 0.269 e. The van der Waals surface area contributed by atoms with Crippen LogP contribution in [-0.4, -0.2) is 35.7 Å². The molecule has 88 valence electrons. The van der Waals surface area contributed by atoms with Gasteiger partial charge in [-0.25, -0.2) is 20.0 Å². The van der Waals surface area contributed by atoms with E-state index in [1.54, 1.807) is 24.3 Å². The van der Waals surface area contributed by atoms with E-state index in [9.17, 15) is 4.79 Å². The zero-order valence-corrected chi connectivity index (χ0v) is 9.32. The zero-order valence-electron chi connectivity index (χ0n) is 9.32. The lowest BCUT2D eigenvalue weighted by atomic mass is 10.1. The topological polar surface area (TPSA) is 92.5 Å². The molecule has 1 atom stereocenters. The monoisotopic (exact) mass is 239 g/mol. The molecule has 2 aliphatic rings. The summed E-state index contributed by atoms with van der Waals surface area (Å²) in [5, 5.41) is 0. The Morgan fingerprint density at radius 2 is 2.00 bits per heavy atom. The second-order valence-electron chi connectivity index (χ2n) is 3.87. The van der Waals surface area contributed by atoms with Crippen molar-refractivity contribution in [3.05, 3.63) is 35.9 Å². The number of carbonyl (C=O) groups excluding carboxylic acids is 1. The number of carbonyl (C=O) groups is 1. The molecule has 2 heterocycles. The van der Waals surface area contributed by atoms with Crippen molar-refractivity contribution in [2.24, 2.45) is 25.7 Å². The van der Waals surface area contributed by atoms with Gasteiger partial charge in [0.1, 0.15) is 12.1 Å². The molecule has 1 unspecified atom stereocenters. The molecule has 0 spiro atoms. The van der Waals surface area contributed by atoms with Crippen LogP contribution in [0, 0.1) is 0 Å². The molecule has 6 heteroatoms. The van der Waals surface area contributed by atoms with Gasteiger partial charge in [-0.05, 0) is 0 Å². The number of benzene rings is 1. The largest absolute Gasteiger partial charge is 0.288 e. The SMILES string of the molecule is NC1(C(=O)c2ccccc2)N=CC2=NC=NC2=N1. The minimum Gasteiger partial charge on any atom is -0.288 e. The number of nitrogens with two attached hydrogens (primary N) is 1. The van der Waals surface area contributed by atoms with Crippen molar-refractivity contribution in [3.8, 4) is 0 Å². The lowest BCUT2D eigenvalue weighted by Crippen LogP contribution is -2.48. The minimum atomic E-state index is -1.64. The van der Waals surface area contributed by atoms with Gasteiger partial charge in [-0.2, -0.15) is 0 Å². The fourth-order valence-electron chi connectivity index (χ4n) is 1.71. The van der Waals surface area contributed by atoms with Crippen molar-refractivity contribution in [2.45, 2.75) is 5.79 Å². The first-order chi connectivity index (χ1) is 8.69. The average molecular weight is 239 g/mol. The maximum absolute atomic E-state index is 12.3. The van der Waals surface area contributed by atoms with Crippen LogP contribution in [0.2, 0.25) is 0 Å². The molecule has 1 aromatic carbocycles. The van der Waals surface area contributed by atoms with Crippen LogP contribution < -0.4 is 5.73 Å². The summed E-state index contributed by atoms with van der Waals surface area (Å²) < 4.78 is 0. The molecule has 0 saturated carbocycles. The number of Topliss-reactive ketones (excluding diaryl/α,β-unsaturated/α-hetero) is 1. The van der Waals surface area contributed by atoms with Gasteiger partial charge in [0.25, 0.3) is 5.79 Å². The van der Waals surface area contributed by atoms with E-state index in [4.69, 9.17) is 5.73 Å². The molecule has 0 aromatic heterocycles. The number of hydrogen-bond donors (Lipinski definition) is 1. The van der Waals surface area contributed by atoms with Crippen molar-refractivity contribution >= 4 is 29.9 Å². The molecule has 0 radical (unpaired) electrons. The number of rotatable bonds is 2. The Morgan fingerprint density at radius 3 is 2.78 bits per heavy atom. The first-order valence-corrected chi connectivity index (χ1v) is 5.33. The molecular weight excluding hydrogens is 230 g/mol. The molecule has 0 saturated heterocycles. The van der Waals surface area contributed by atoms with Gasteiger partial charge in [-0.15, -0.1) is 0 Å². The van der Waals surface area contributed by atoms with Crippen LogP contribution >= 0.6 is 0 Å². The second-order valence-corrected chi connectivity index (χ2v) is 3.87. The smallest absolute Gasteiger partial charge is 0.269 e. The molecule has 6 nitrogen and oxygen atoms in total. The van der Waals surface area contributed by atoms with E-state index in [0.717, 1.165) is 0 Å². The summed E-state index contributed by atoms with van der Waals surface area (Å²) in [5.41, 5.74) is 6.91. The predicted octanol–water partition coefficient (Wildman–Crippen LogP) is 0.448. The molecule has 0 amide bonds. The number of fused-ring (bicyclic) bond motifs is 1. The third-order valence-corrected chi connectivity index (χ3v) is 2.64. The summed E-state index contributed by atoms with van der Waals surface area (Å²) in [6.45, 7) is 0. The van der Waals surface area contributed by atoms with Gasteiger partial charge in [0, 0.05) is 5.56 Å². The standard InChI is InChI=1S/C12H9N5O/c13-12(10(18)8-4-2-1-3-5-8)16-6-9-11(17-12)15-7-14-9/h1-7H,13H2. The van der Waals surface area contributed by atoms with Crippen LogP contribution in [0.25, 0.3) is 0 Å². The van der Waals surface area contributed by atoms with Crippen LogP contribution in [0.5, 0.6) is 0 Å². The molecule has 2 N–H and O–H groups in total. The minimum absolute atomic E-state index is 0.344. The fraction of sp³-hybridized carbons (Fsp3) is 0.0833. The highest BCUT2D eigenvalue weighted by Gasteiger charge is 2.37. The van der Waals surface area contributed by atoms with E-state index in [-0.39, 0.29) is 5.78 Å². The van der Waals surface area contributed by atoms with E-state index >= 15 is 0 Å². The lowest BCUT2D eigenvalue weighted by molar-refractivity contribution is 0.0900. The summed E-state index contributed by atoms with van der Waals surface area (Å²) in [5.74, 6) is -1.66. The van der Waals surface area contributed by atoms with Crippen molar-refractivity contribution in [1.82, 2.24) is 0 Å². The van der Waals surface area contributed by atoms with Crippen LogP contribution in [0.15, 0.2) is 50.3 Å². The molecule has 1 aromatic rings. The van der Waals surface area contributed by atoms with Gasteiger partial charge in [0.05, 0.1) is 6.21 Å². The summed E-state index contributed by atoms with van der Waals surface area (Å²) in [4.78, 5) is 28.2. The highest BCUT2D eigenvalue weighted by atomic mass is 16.1. The highest BCUT2D eigenvalue weighted by Crippen LogP contribution is 2.18. The molecule has 18 heavy (non-hydrogen) atoms. The Kier molecular flexibility index (Phi) is 2.24. The third kappa shape index (κ3) is 1.59. The summed E-state index contributed by atoms with van der Waals surface area (Å²) in [7, 11) is 0. The first kappa shape index (κ1) is 10.7. The predicted molar refractivity (Wildman–Crippen MR) is 69.5 cm³/mol. The molecule has 0 bridgehead atoms. The number of aliphatic imine (C=N–C) groups is 4. The van der Waals surface area contributed by atoms with E-state index in [0.29, 0.717) is 17.1 Å². The van der Waals surface area contributed by atoms with Gasteiger partial charge in [0.15, 0.2) is 5.84 Å². The quantitative estimate of drug-likeness (QED) is 0.758. The van der Waals surface area contributed by atoms with Crippen molar-refractivity contribution in [1.29, 1.82) is 0 Å². The Balaban J connectivity index is 2.00. The summed E-state index contributed by atoms with van der Waals surface area (Å²) in [6.07, 6.45) is 2.79. The van der Waals surface area contributed by atoms with Crippen LogP contribution in [-0.2, 0) is 0 Å². The fourth-order valence-corrected chi connectivity index (χ4v) is 1.71. The van der Waals surface area contributed by atoms with Gasteiger partial charge in [-0.1, -0.05) is 30.3 Å². The highest BCUT2D eigenvalue weighted by molar-refractivity contribution is 6.65. The van der Waals surface area contributed by atoms with Crippen LogP contribution in [0.3, 0.4) is 0 Å². The number of ketones is 1. The molecule has 0 fully saturated rings. The Labute approximate surface area is 103 Å². The summed E-state index contributed by atoms with van der Waals surface area (Å²) in [6, 6.07) is 8.69. The van der Waals surface area contributed by atoms with Crippen LogP contribution in [0.4, 0.5) is 0 Å². The number of amidine groups is 1. The Hall–Kier alpha value is -2.47. The third-order valence-electron chi connectivity index (χ3n) is 2.64. The van der Waals surface area contributed by atoms with E-state index < -0.39 is 5.79 Å². The van der Waals surface area contributed by atoms with Crippen molar-refractivity contribution < 1.29 is 4.79 Å². The Morgan fingerprint density at radius 1 is 1.22 bits per heavy atom. The molecule has 0 aliphatic carbocycles. The Bertz CT molecular complexity index is 629. The van der Waals surface area contributed by atoms with Crippen molar-refractivity contribution in [3.63, 3.8) is 0 Å².